The lowest BCUT2D eigenvalue weighted by molar-refractivity contribution is -0.131. The third kappa shape index (κ3) is 3.90. The highest BCUT2D eigenvalue weighted by Gasteiger charge is 2.12. The zero-order valence-electron chi connectivity index (χ0n) is 13.1. The molecule has 0 unspecified atom stereocenters. The number of aliphatic carboxylic acids is 1. The summed E-state index contributed by atoms with van der Waals surface area (Å²) in [6.07, 6.45) is 5.32. The molecule has 1 fully saturated rings. The summed E-state index contributed by atoms with van der Waals surface area (Å²) in [7, 11) is 0. The van der Waals surface area contributed by atoms with E-state index in [2.05, 4.69) is 4.90 Å². The van der Waals surface area contributed by atoms with E-state index in [1.54, 1.807) is 6.08 Å². The largest absolute Gasteiger partial charge is 0.492 e. The van der Waals surface area contributed by atoms with Gasteiger partial charge < -0.3 is 9.84 Å². The lowest BCUT2D eigenvalue weighted by Crippen LogP contribution is -2.25. The van der Waals surface area contributed by atoms with Crippen molar-refractivity contribution in [2.45, 2.75) is 12.8 Å². The van der Waals surface area contributed by atoms with Gasteiger partial charge in [0, 0.05) is 18.2 Å². The average Bonchev–Trinajstić information content (AvgIpc) is 3.06. The van der Waals surface area contributed by atoms with E-state index in [1.807, 2.05) is 36.4 Å². The Morgan fingerprint density at radius 2 is 1.96 bits per heavy atom. The molecule has 0 saturated carbocycles. The van der Waals surface area contributed by atoms with Crippen LogP contribution >= 0.6 is 0 Å². The Balaban J connectivity index is 1.82. The number of hydrogen-bond donors (Lipinski definition) is 1. The van der Waals surface area contributed by atoms with Crippen LogP contribution in [0.3, 0.4) is 0 Å². The molecular formula is C19H21NO3. The third-order valence-corrected chi connectivity index (χ3v) is 4.19. The van der Waals surface area contributed by atoms with Crippen LogP contribution in [-0.2, 0) is 4.79 Å². The normalized spacial score (nSPS) is 15.5. The van der Waals surface area contributed by atoms with Crippen LogP contribution in [0.4, 0.5) is 0 Å². The van der Waals surface area contributed by atoms with Crippen LogP contribution < -0.4 is 4.74 Å². The first-order chi connectivity index (χ1) is 11.2. The van der Waals surface area contributed by atoms with E-state index in [0.29, 0.717) is 6.61 Å². The first-order valence-electron chi connectivity index (χ1n) is 8.02. The molecule has 2 aromatic rings. The number of nitrogens with zero attached hydrogens (tertiary/aromatic N) is 1. The Kier molecular flexibility index (Phi) is 4.93. The Labute approximate surface area is 136 Å². The molecular weight excluding hydrogens is 290 g/mol. The monoisotopic (exact) mass is 311 g/mol. The molecule has 4 heteroatoms. The predicted molar refractivity (Wildman–Crippen MR) is 91.8 cm³/mol. The molecule has 1 saturated heterocycles. The molecule has 0 aliphatic carbocycles. The molecule has 0 atom stereocenters. The van der Waals surface area contributed by atoms with E-state index in [0.717, 1.165) is 47.8 Å². The highest BCUT2D eigenvalue weighted by atomic mass is 16.5. The van der Waals surface area contributed by atoms with Crippen LogP contribution in [0.25, 0.3) is 16.8 Å². The Hall–Kier alpha value is -2.33. The molecule has 0 bridgehead atoms. The highest BCUT2D eigenvalue weighted by molar-refractivity contribution is 5.96. The fraction of sp³-hybridized carbons (Fsp3) is 0.316. The number of carbonyl (C=O) groups is 1. The number of fused-ring (bicyclic) bond motifs is 1. The fourth-order valence-electron chi connectivity index (χ4n) is 3.02. The van der Waals surface area contributed by atoms with Gasteiger partial charge in [0.15, 0.2) is 0 Å². The SMILES string of the molecule is O=C(O)C=Cc1c(OCCN2CCCC2)ccc2ccccc12. The van der Waals surface area contributed by atoms with E-state index in [-0.39, 0.29) is 0 Å². The zero-order valence-corrected chi connectivity index (χ0v) is 13.1. The molecule has 4 nitrogen and oxygen atoms in total. The van der Waals surface area contributed by atoms with Crippen molar-refractivity contribution in [3.05, 3.63) is 48.0 Å². The van der Waals surface area contributed by atoms with E-state index in [9.17, 15) is 4.79 Å². The molecule has 0 aromatic heterocycles. The van der Waals surface area contributed by atoms with E-state index in [4.69, 9.17) is 9.84 Å². The van der Waals surface area contributed by atoms with E-state index in [1.165, 1.54) is 12.8 Å². The average molecular weight is 311 g/mol. The van der Waals surface area contributed by atoms with Gasteiger partial charge in [-0.15, -0.1) is 0 Å². The highest BCUT2D eigenvalue weighted by Crippen LogP contribution is 2.29. The summed E-state index contributed by atoms with van der Waals surface area (Å²) in [5.41, 5.74) is 0.826. The van der Waals surface area contributed by atoms with Gasteiger partial charge in [0.05, 0.1) is 0 Å². The number of carboxylic acids is 1. The smallest absolute Gasteiger partial charge is 0.328 e. The molecule has 120 valence electrons. The van der Waals surface area contributed by atoms with E-state index >= 15 is 0 Å². The summed E-state index contributed by atoms with van der Waals surface area (Å²) >= 11 is 0. The van der Waals surface area contributed by atoms with Gasteiger partial charge in [-0.2, -0.15) is 0 Å². The van der Waals surface area contributed by atoms with Crippen molar-refractivity contribution in [1.82, 2.24) is 4.90 Å². The van der Waals surface area contributed by atoms with Crippen molar-refractivity contribution in [2.24, 2.45) is 0 Å². The fourth-order valence-corrected chi connectivity index (χ4v) is 3.02. The number of carboxylic acid groups (broad SMARTS) is 1. The van der Waals surface area contributed by atoms with Crippen molar-refractivity contribution in [2.75, 3.05) is 26.2 Å². The lowest BCUT2D eigenvalue weighted by atomic mass is 10.0. The summed E-state index contributed by atoms with van der Waals surface area (Å²) < 4.78 is 5.95. The molecule has 2 aromatic carbocycles. The Morgan fingerprint density at radius 1 is 1.17 bits per heavy atom. The van der Waals surface area contributed by atoms with Crippen molar-refractivity contribution in [3.63, 3.8) is 0 Å². The van der Waals surface area contributed by atoms with Crippen molar-refractivity contribution in [3.8, 4) is 5.75 Å². The second-order valence-corrected chi connectivity index (χ2v) is 5.77. The third-order valence-electron chi connectivity index (χ3n) is 4.19. The number of likely N-dealkylation sites (tertiary alicyclic amines) is 1. The Morgan fingerprint density at radius 3 is 2.74 bits per heavy atom. The van der Waals surface area contributed by atoms with Crippen molar-refractivity contribution in [1.29, 1.82) is 0 Å². The zero-order chi connectivity index (χ0) is 16.1. The second-order valence-electron chi connectivity index (χ2n) is 5.77. The molecule has 1 N–H and O–H groups in total. The summed E-state index contributed by atoms with van der Waals surface area (Å²) in [6.45, 7) is 3.82. The minimum atomic E-state index is -0.957. The van der Waals surface area contributed by atoms with Gasteiger partial charge >= 0.3 is 5.97 Å². The van der Waals surface area contributed by atoms with Crippen LogP contribution in [0.5, 0.6) is 5.75 Å². The van der Waals surface area contributed by atoms with Gasteiger partial charge in [0.2, 0.25) is 0 Å². The minimum Gasteiger partial charge on any atom is -0.492 e. The van der Waals surface area contributed by atoms with Crippen LogP contribution in [0.2, 0.25) is 0 Å². The van der Waals surface area contributed by atoms with Crippen LogP contribution in [-0.4, -0.2) is 42.2 Å². The second kappa shape index (κ2) is 7.29. The maximum absolute atomic E-state index is 10.9. The quantitative estimate of drug-likeness (QED) is 0.831. The van der Waals surface area contributed by atoms with Crippen LogP contribution in [0.1, 0.15) is 18.4 Å². The summed E-state index contributed by atoms with van der Waals surface area (Å²) in [6, 6.07) is 11.9. The van der Waals surface area contributed by atoms with Gasteiger partial charge in [0.25, 0.3) is 0 Å². The van der Waals surface area contributed by atoms with Crippen molar-refractivity contribution >= 4 is 22.8 Å². The Bertz CT molecular complexity index is 718. The maximum Gasteiger partial charge on any atom is 0.328 e. The molecule has 0 radical (unpaired) electrons. The lowest BCUT2D eigenvalue weighted by Gasteiger charge is -2.16. The first kappa shape index (κ1) is 15.6. The molecule has 23 heavy (non-hydrogen) atoms. The van der Waals surface area contributed by atoms with Gasteiger partial charge in [-0.1, -0.05) is 30.3 Å². The number of rotatable bonds is 6. The molecule has 1 aliphatic rings. The standard InChI is InChI=1S/C19H21NO3/c21-19(22)10-8-17-16-6-2-1-5-15(16)7-9-18(17)23-14-13-20-11-3-4-12-20/h1-2,5-10H,3-4,11-14H2,(H,21,22). The van der Waals surface area contributed by atoms with Gasteiger partial charge in [-0.05, 0) is 48.8 Å². The maximum atomic E-state index is 10.9. The van der Waals surface area contributed by atoms with E-state index < -0.39 is 5.97 Å². The number of hydrogen-bond acceptors (Lipinski definition) is 3. The number of benzene rings is 2. The molecule has 0 spiro atoms. The predicted octanol–water partition coefficient (Wildman–Crippen LogP) is 3.41. The summed E-state index contributed by atoms with van der Waals surface area (Å²) in [5.74, 6) is -0.221. The van der Waals surface area contributed by atoms with Crippen LogP contribution in [0, 0.1) is 0 Å². The summed E-state index contributed by atoms with van der Waals surface area (Å²) in [4.78, 5) is 13.3. The first-order valence-corrected chi connectivity index (χ1v) is 8.02. The van der Waals surface area contributed by atoms with Gasteiger partial charge in [0.1, 0.15) is 12.4 Å². The molecule has 0 amide bonds. The molecule has 1 aliphatic heterocycles. The minimum absolute atomic E-state index is 0.617. The van der Waals surface area contributed by atoms with Gasteiger partial charge in [-0.25, -0.2) is 4.79 Å². The molecule has 3 rings (SSSR count). The van der Waals surface area contributed by atoms with Gasteiger partial charge in [-0.3, -0.25) is 4.90 Å². The summed E-state index contributed by atoms with van der Waals surface area (Å²) in [5, 5.41) is 11.0. The molecule has 1 heterocycles. The van der Waals surface area contributed by atoms with Crippen molar-refractivity contribution < 1.29 is 14.6 Å². The topological polar surface area (TPSA) is 49.8 Å². The van der Waals surface area contributed by atoms with Crippen LogP contribution in [0.15, 0.2) is 42.5 Å². The number of ether oxygens (including phenoxy) is 1.